The van der Waals surface area contributed by atoms with Gasteiger partial charge >= 0.3 is 0 Å². The van der Waals surface area contributed by atoms with Gasteiger partial charge in [0.2, 0.25) is 5.91 Å². The Bertz CT molecular complexity index is 297. The van der Waals surface area contributed by atoms with Gasteiger partial charge in [0, 0.05) is 12.7 Å². The van der Waals surface area contributed by atoms with E-state index in [9.17, 15) is 4.79 Å². The lowest BCUT2D eigenvalue weighted by molar-refractivity contribution is -0.116. The van der Waals surface area contributed by atoms with Crippen LogP contribution < -0.4 is 4.90 Å². The molecule has 0 unspecified atom stereocenters. The first-order chi connectivity index (χ1) is 6.15. The third-order valence-corrected chi connectivity index (χ3v) is 1.95. The number of alkyl halides is 1. The maximum Gasteiger partial charge on any atom is 0.241 e. The Morgan fingerprint density at radius 3 is 2.46 bits per heavy atom. The van der Waals surface area contributed by atoms with Crippen LogP contribution in [0.3, 0.4) is 0 Å². The highest BCUT2D eigenvalue weighted by atomic mass is 35.5. The molecule has 3 nitrogen and oxygen atoms in total. The van der Waals surface area contributed by atoms with Crippen LogP contribution in [0.4, 0.5) is 5.69 Å². The van der Waals surface area contributed by atoms with E-state index in [1.807, 2.05) is 0 Å². The predicted octanol–water partition coefficient (Wildman–Crippen LogP) is 1.59. The van der Waals surface area contributed by atoms with Gasteiger partial charge in [0.25, 0.3) is 0 Å². The first kappa shape index (κ1) is 9.86. The zero-order chi connectivity index (χ0) is 9.84. The van der Waals surface area contributed by atoms with Crippen molar-refractivity contribution in [1.29, 1.82) is 0 Å². The number of hydrogen-bond donors (Lipinski definition) is 1. The average molecular weight is 200 g/mol. The van der Waals surface area contributed by atoms with Crippen LogP contribution in [-0.2, 0) is 4.79 Å². The second-order valence-electron chi connectivity index (χ2n) is 2.60. The van der Waals surface area contributed by atoms with Crippen molar-refractivity contribution in [3.05, 3.63) is 24.3 Å². The second-order valence-corrected chi connectivity index (χ2v) is 2.87. The van der Waals surface area contributed by atoms with Crippen LogP contribution in [0.15, 0.2) is 24.3 Å². The van der Waals surface area contributed by atoms with Gasteiger partial charge in [-0.1, -0.05) is 0 Å². The standard InChI is InChI=1S/C9H10ClNO2/c1-11(9(13)6-10)7-2-4-8(12)5-3-7/h2-5,12H,6H2,1H3. The third kappa shape index (κ3) is 2.36. The van der Waals surface area contributed by atoms with E-state index in [1.165, 1.54) is 17.0 Å². The first-order valence-electron chi connectivity index (χ1n) is 3.76. The normalized spacial score (nSPS) is 9.69. The van der Waals surface area contributed by atoms with Crippen LogP contribution in [0.1, 0.15) is 0 Å². The van der Waals surface area contributed by atoms with Crippen LogP contribution >= 0.6 is 11.6 Å². The monoisotopic (exact) mass is 199 g/mol. The molecule has 13 heavy (non-hydrogen) atoms. The maximum atomic E-state index is 11.1. The van der Waals surface area contributed by atoms with Crippen LogP contribution in [0.5, 0.6) is 5.75 Å². The number of phenolic OH excluding ortho intramolecular Hbond substituents is 1. The van der Waals surface area contributed by atoms with Crippen molar-refractivity contribution in [2.75, 3.05) is 17.8 Å². The molecule has 4 heteroatoms. The molecular formula is C9H10ClNO2. The summed E-state index contributed by atoms with van der Waals surface area (Å²) in [4.78, 5) is 12.6. The van der Waals surface area contributed by atoms with Gasteiger partial charge in [0.05, 0.1) is 0 Å². The number of carbonyl (C=O) groups excluding carboxylic acids is 1. The minimum absolute atomic E-state index is 0.0443. The Balaban J connectivity index is 2.83. The number of hydrogen-bond acceptors (Lipinski definition) is 2. The van der Waals surface area contributed by atoms with Gasteiger partial charge < -0.3 is 10.0 Å². The van der Waals surface area contributed by atoms with E-state index in [0.717, 1.165) is 0 Å². The molecule has 0 spiro atoms. The molecule has 0 radical (unpaired) electrons. The molecule has 1 amide bonds. The van der Waals surface area contributed by atoms with Crippen molar-refractivity contribution in [3.63, 3.8) is 0 Å². The highest BCUT2D eigenvalue weighted by Gasteiger charge is 2.08. The first-order valence-corrected chi connectivity index (χ1v) is 4.30. The lowest BCUT2D eigenvalue weighted by atomic mass is 10.3. The minimum Gasteiger partial charge on any atom is -0.508 e. The van der Waals surface area contributed by atoms with E-state index in [4.69, 9.17) is 16.7 Å². The number of benzene rings is 1. The Morgan fingerprint density at radius 2 is 2.00 bits per heavy atom. The molecule has 0 aliphatic carbocycles. The van der Waals surface area contributed by atoms with Crippen molar-refractivity contribution in [2.24, 2.45) is 0 Å². The summed E-state index contributed by atoms with van der Waals surface area (Å²) >= 11 is 5.39. The van der Waals surface area contributed by atoms with E-state index < -0.39 is 0 Å². The summed E-state index contributed by atoms with van der Waals surface area (Å²) in [7, 11) is 1.64. The summed E-state index contributed by atoms with van der Waals surface area (Å²) in [5.41, 5.74) is 0.712. The summed E-state index contributed by atoms with van der Waals surface area (Å²) in [6.45, 7) is 0. The molecular weight excluding hydrogens is 190 g/mol. The molecule has 0 fully saturated rings. The van der Waals surface area contributed by atoms with Crippen LogP contribution in [0.2, 0.25) is 0 Å². The van der Waals surface area contributed by atoms with Gasteiger partial charge in [-0.25, -0.2) is 0 Å². The smallest absolute Gasteiger partial charge is 0.241 e. The fraction of sp³-hybridized carbons (Fsp3) is 0.222. The molecule has 0 aliphatic rings. The lowest BCUT2D eigenvalue weighted by Crippen LogP contribution is -2.26. The van der Waals surface area contributed by atoms with Gasteiger partial charge in [-0.05, 0) is 24.3 Å². The van der Waals surface area contributed by atoms with Crippen molar-refractivity contribution in [2.45, 2.75) is 0 Å². The van der Waals surface area contributed by atoms with Gasteiger partial charge in [0.1, 0.15) is 11.6 Å². The molecule has 0 atom stereocenters. The second kappa shape index (κ2) is 4.14. The molecule has 0 heterocycles. The summed E-state index contributed by atoms with van der Waals surface area (Å²) < 4.78 is 0. The van der Waals surface area contributed by atoms with Gasteiger partial charge in [-0.2, -0.15) is 0 Å². The molecule has 1 N–H and O–H groups in total. The van der Waals surface area contributed by atoms with Gasteiger partial charge in [0.15, 0.2) is 0 Å². The highest BCUT2D eigenvalue weighted by molar-refractivity contribution is 6.29. The summed E-state index contributed by atoms with van der Waals surface area (Å²) in [5.74, 6) is -0.0417. The number of aromatic hydroxyl groups is 1. The van der Waals surface area contributed by atoms with Crippen molar-refractivity contribution in [1.82, 2.24) is 0 Å². The van der Waals surface area contributed by atoms with Crippen LogP contribution in [0, 0.1) is 0 Å². The number of phenols is 1. The van der Waals surface area contributed by atoms with E-state index in [2.05, 4.69) is 0 Å². The van der Waals surface area contributed by atoms with Crippen molar-refractivity contribution < 1.29 is 9.90 Å². The fourth-order valence-corrected chi connectivity index (χ4v) is 1.09. The van der Waals surface area contributed by atoms with E-state index in [-0.39, 0.29) is 17.5 Å². The van der Waals surface area contributed by atoms with Crippen LogP contribution in [-0.4, -0.2) is 23.9 Å². The Hall–Kier alpha value is -1.22. The summed E-state index contributed by atoms with van der Waals surface area (Å²) in [5, 5.41) is 9.00. The fourth-order valence-electron chi connectivity index (χ4n) is 0.910. The zero-order valence-corrected chi connectivity index (χ0v) is 7.95. The minimum atomic E-state index is -0.174. The molecule has 1 aromatic carbocycles. The van der Waals surface area contributed by atoms with Crippen molar-refractivity contribution >= 4 is 23.2 Å². The lowest BCUT2D eigenvalue weighted by Gasteiger charge is -2.15. The molecule has 0 aliphatic heterocycles. The molecule has 0 aromatic heterocycles. The number of nitrogens with zero attached hydrogens (tertiary/aromatic N) is 1. The Kier molecular flexibility index (Phi) is 3.14. The molecule has 1 aromatic rings. The molecule has 0 bridgehead atoms. The van der Waals surface area contributed by atoms with Gasteiger partial charge in [-0.15, -0.1) is 11.6 Å². The van der Waals surface area contributed by atoms with E-state index in [0.29, 0.717) is 5.69 Å². The molecule has 70 valence electrons. The van der Waals surface area contributed by atoms with Crippen LogP contribution in [0.25, 0.3) is 0 Å². The average Bonchev–Trinajstić information content (AvgIpc) is 2.17. The topological polar surface area (TPSA) is 40.5 Å². The SMILES string of the molecule is CN(C(=O)CCl)c1ccc(O)cc1. The maximum absolute atomic E-state index is 11.1. The number of amides is 1. The number of anilines is 1. The largest absolute Gasteiger partial charge is 0.508 e. The predicted molar refractivity (Wildman–Crippen MR) is 52.2 cm³/mol. The highest BCUT2D eigenvalue weighted by Crippen LogP contribution is 2.17. The Morgan fingerprint density at radius 1 is 1.46 bits per heavy atom. The molecule has 0 saturated carbocycles. The van der Waals surface area contributed by atoms with Crippen molar-refractivity contribution in [3.8, 4) is 5.75 Å². The quantitative estimate of drug-likeness (QED) is 0.735. The van der Waals surface area contributed by atoms with E-state index >= 15 is 0 Å². The number of rotatable bonds is 2. The third-order valence-electron chi connectivity index (χ3n) is 1.73. The molecule has 1 rings (SSSR count). The van der Waals surface area contributed by atoms with Gasteiger partial charge in [-0.3, -0.25) is 4.79 Å². The Labute approximate surface area is 81.5 Å². The number of carbonyl (C=O) groups is 1. The zero-order valence-electron chi connectivity index (χ0n) is 7.20. The van der Waals surface area contributed by atoms with E-state index in [1.54, 1.807) is 19.2 Å². The summed E-state index contributed by atoms with van der Waals surface area (Å²) in [6, 6.07) is 6.35. The molecule has 0 saturated heterocycles. The number of halogens is 1. The summed E-state index contributed by atoms with van der Waals surface area (Å²) in [6.07, 6.45) is 0.